The molecule has 1 heterocycles. The van der Waals surface area contributed by atoms with E-state index in [4.69, 9.17) is 10.8 Å². The van der Waals surface area contributed by atoms with Crippen molar-refractivity contribution in [2.24, 2.45) is 0 Å². The molecule has 0 aliphatic heterocycles. The van der Waals surface area contributed by atoms with Crippen LogP contribution < -0.4 is 16.4 Å². The lowest BCUT2D eigenvalue weighted by Gasteiger charge is -2.10. The summed E-state index contributed by atoms with van der Waals surface area (Å²) in [5.41, 5.74) is 6.39. The van der Waals surface area contributed by atoms with Gasteiger partial charge in [0.1, 0.15) is 0 Å². The Bertz CT molecular complexity index is 665. The van der Waals surface area contributed by atoms with Gasteiger partial charge in [-0.1, -0.05) is 30.3 Å². The number of hydrogen-bond acceptors (Lipinski definition) is 8. The SMILES string of the molecule is Nc1nc(NCCc2ccccc2)nc(NCCO)c1[N+](=O)[O-]. The number of nitrogens with two attached hydrogens (primary N) is 1. The second kappa shape index (κ2) is 7.90. The van der Waals surface area contributed by atoms with Crippen LogP contribution in [0, 0.1) is 10.1 Å². The zero-order valence-electron chi connectivity index (χ0n) is 12.4. The van der Waals surface area contributed by atoms with Gasteiger partial charge in [-0.15, -0.1) is 0 Å². The number of aliphatic hydroxyl groups is 1. The summed E-state index contributed by atoms with van der Waals surface area (Å²) in [6.45, 7) is 0.499. The number of aliphatic hydroxyl groups excluding tert-OH is 1. The summed E-state index contributed by atoms with van der Waals surface area (Å²) < 4.78 is 0. The molecular formula is C14H18N6O3. The summed E-state index contributed by atoms with van der Waals surface area (Å²) in [7, 11) is 0. The zero-order chi connectivity index (χ0) is 16.7. The molecule has 0 bridgehead atoms. The van der Waals surface area contributed by atoms with Crippen molar-refractivity contribution in [2.75, 3.05) is 36.1 Å². The molecule has 2 rings (SSSR count). The van der Waals surface area contributed by atoms with Crippen LogP contribution in [0.4, 0.5) is 23.3 Å². The maximum Gasteiger partial charge on any atom is 0.353 e. The van der Waals surface area contributed by atoms with Gasteiger partial charge in [-0.05, 0) is 12.0 Å². The highest BCUT2D eigenvalue weighted by Crippen LogP contribution is 2.28. The van der Waals surface area contributed by atoms with Gasteiger partial charge in [0.25, 0.3) is 0 Å². The fourth-order valence-corrected chi connectivity index (χ4v) is 1.99. The summed E-state index contributed by atoms with van der Waals surface area (Å²) in [5.74, 6) is -0.0455. The monoisotopic (exact) mass is 318 g/mol. The molecular weight excluding hydrogens is 300 g/mol. The molecule has 0 radical (unpaired) electrons. The van der Waals surface area contributed by atoms with Gasteiger partial charge in [0.15, 0.2) is 0 Å². The van der Waals surface area contributed by atoms with Crippen molar-refractivity contribution in [1.82, 2.24) is 9.97 Å². The lowest BCUT2D eigenvalue weighted by Crippen LogP contribution is -2.15. The second-order valence-electron chi connectivity index (χ2n) is 4.70. The van der Waals surface area contributed by atoms with Crippen LogP contribution >= 0.6 is 0 Å². The molecule has 0 aliphatic rings. The van der Waals surface area contributed by atoms with E-state index in [0.717, 1.165) is 12.0 Å². The lowest BCUT2D eigenvalue weighted by atomic mass is 10.1. The largest absolute Gasteiger partial charge is 0.395 e. The Kier molecular flexibility index (Phi) is 5.64. The highest BCUT2D eigenvalue weighted by Gasteiger charge is 2.22. The molecule has 5 N–H and O–H groups in total. The van der Waals surface area contributed by atoms with Gasteiger partial charge in [-0.3, -0.25) is 10.1 Å². The van der Waals surface area contributed by atoms with Gasteiger partial charge in [0.2, 0.25) is 17.6 Å². The number of aromatic nitrogens is 2. The van der Waals surface area contributed by atoms with Crippen molar-refractivity contribution in [1.29, 1.82) is 0 Å². The predicted octanol–water partition coefficient (Wildman–Crippen LogP) is 1.03. The first-order valence-electron chi connectivity index (χ1n) is 7.06. The molecule has 0 fully saturated rings. The lowest BCUT2D eigenvalue weighted by molar-refractivity contribution is -0.383. The number of nitrogens with zero attached hydrogens (tertiary/aromatic N) is 3. The van der Waals surface area contributed by atoms with E-state index in [1.807, 2.05) is 30.3 Å². The van der Waals surface area contributed by atoms with Crippen LogP contribution in [-0.2, 0) is 6.42 Å². The van der Waals surface area contributed by atoms with Crippen molar-refractivity contribution in [3.05, 3.63) is 46.0 Å². The Morgan fingerprint density at radius 3 is 2.57 bits per heavy atom. The average Bonchev–Trinajstić information content (AvgIpc) is 2.53. The number of hydrogen-bond donors (Lipinski definition) is 4. The number of benzene rings is 1. The third-order valence-electron chi connectivity index (χ3n) is 3.04. The van der Waals surface area contributed by atoms with Crippen LogP contribution in [0.1, 0.15) is 5.56 Å². The summed E-state index contributed by atoms with van der Waals surface area (Å²) >= 11 is 0. The van der Waals surface area contributed by atoms with E-state index in [1.165, 1.54) is 0 Å². The van der Waals surface area contributed by atoms with Crippen molar-refractivity contribution in [2.45, 2.75) is 6.42 Å². The molecule has 9 heteroatoms. The Hall–Kier alpha value is -2.94. The van der Waals surface area contributed by atoms with Crippen LogP contribution in [0.2, 0.25) is 0 Å². The van der Waals surface area contributed by atoms with E-state index in [-0.39, 0.29) is 30.7 Å². The number of nitrogens with one attached hydrogen (secondary N) is 2. The molecule has 0 atom stereocenters. The molecule has 0 saturated heterocycles. The van der Waals surface area contributed by atoms with Crippen molar-refractivity contribution >= 4 is 23.3 Å². The molecule has 0 spiro atoms. The molecule has 122 valence electrons. The van der Waals surface area contributed by atoms with Gasteiger partial charge in [0, 0.05) is 13.1 Å². The standard InChI is InChI=1S/C14H18N6O3/c15-12-11(20(22)23)13(16-8-9-21)19-14(18-12)17-7-6-10-4-2-1-3-5-10/h1-5,21H,6-9H2,(H4,15,16,17,18,19). The van der Waals surface area contributed by atoms with Crippen LogP contribution in [0.15, 0.2) is 30.3 Å². The molecule has 0 unspecified atom stereocenters. The zero-order valence-corrected chi connectivity index (χ0v) is 12.4. The average molecular weight is 318 g/mol. The van der Waals surface area contributed by atoms with Crippen molar-refractivity contribution in [3.63, 3.8) is 0 Å². The first-order chi connectivity index (χ1) is 11.1. The van der Waals surface area contributed by atoms with Gasteiger partial charge >= 0.3 is 5.69 Å². The molecule has 0 amide bonds. The Labute approximate surface area is 132 Å². The maximum atomic E-state index is 11.0. The molecule has 1 aromatic carbocycles. The molecule has 0 saturated carbocycles. The second-order valence-corrected chi connectivity index (χ2v) is 4.70. The maximum absolute atomic E-state index is 11.0. The fourth-order valence-electron chi connectivity index (χ4n) is 1.99. The highest BCUT2D eigenvalue weighted by atomic mass is 16.6. The Morgan fingerprint density at radius 1 is 1.17 bits per heavy atom. The summed E-state index contributed by atoms with van der Waals surface area (Å²) in [6, 6.07) is 9.84. The minimum absolute atomic E-state index is 0.0150. The normalized spacial score (nSPS) is 10.3. The smallest absolute Gasteiger partial charge is 0.353 e. The number of rotatable bonds is 8. The van der Waals surface area contributed by atoms with E-state index in [1.54, 1.807) is 0 Å². The molecule has 2 aromatic rings. The number of nitrogen functional groups attached to an aromatic ring is 1. The first-order valence-corrected chi connectivity index (χ1v) is 7.06. The van der Waals surface area contributed by atoms with Gasteiger partial charge in [0.05, 0.1) is 11.5 Å². The van der Waals surface area contributed by atoms with E-state index in [9.17, 15) is 10.1 Å². The quantitative estimate of drug-likeness (QED) is 0.418. The van der Waals surface area contributed by atoms with Gasteiger partial charge in [-0.2, -0.15) is 9.97 Å². The van der Waals surface area contributed by atoms with Crippen LogP contribution in [0.5, 0.6) is 0 Å². The van der Waals surface area contributed by atoms with Crippen molar-refractivity contribution < 1.29 is 10.0 Å². The Balaban J connectivity index is 2.09. The molecule has 23 heavy (non-hydrogen) atoms. The van der Waals surface area contributed by atoms with E-state index < -0.39 is 10.6 Å². The molecule has 9 nitrogen and oxygen atoms in total. The van der Waals surface area contributed by atoms with Crippen molar-refractivity contribution in [3.8, 4) is 0 Å². The topological polar surface area (TPSA) is 139 Å². The summed E-state index contributed by atoms with van der Waals surface area (Å²) in [5, 5.41) is 25.5. The predicted molar refractivity (Wildman–Crippen MR) is 87.3 cm³/mol. The van der Waals surface area contributed by atoms with E-state index >= 15 is 0 Å². The van der Waals surface area contributed by atoms with Gasteiger partial charge < -0.3 is 21.5 Å². The number of anilines is 3. The van der Waals surface area contributed by atoms with Gasteiger partial charge in [-0.25, -0.2) is 0 Å². The minimum atomic E-state index is -0.650. The number of nitro groups is 1. The molecule has 0 aliphatic carbocycles. The van der Waals surface area contributed by atoms with Crippen LogP contribution in [0.25, 0.3) is 0 Å². The van der Waals surface area contributed by atoms with E-state index in [0.29, 0.717) is 6.54 Å². The fraction of sp³-hybridized carbons (Fsp3) is 0.286. The van der Waals surface area contributed by atoms with E-state index in [2.05, 4.69) is 20.6 Å². The minimum Gasteiger partial charge on any atom is -0.395 e. The van der Waals surface area contributed by atoms with Crippen LogP contribution in [-0.4, -0.2) is 39.7 Å². The van der Waals surface area contributed by atoms with Crippen LogP contribution in [0.3, 0.4) is 0 Å². The summed E-state index contributed by atoms with van der Waals surface area (Å²) in [4.78, 5) is 18.4. The Morgan fingerprint density at radius 2 is 1.91 bits per heavy atom. The summed E-state index contributed by atoms with van der Waals surface area (Å²) in [6.07, 6.45) is 0.750. The third kappa shape index (κ3) is 4.51. The first kappa shape index (κ1) is 16.4. The molecule has 1 aromatic heterocycles. The highest BCUT2D eigenvalue weighted by molar-refractivity contribution is 5.69. The third-order valence-corrected chi connectivity index (χ3v) is 3.04.